The Morgan fingerprint density at radius 2 is 0.864 bits per heavy atom. The van der Waals surface area contributed by atoms with Crippen LogP contribution in [-0.4, -0.2) is 0 Å². The van der Waals surface area contributed by atoms with Crippen molar-refractivity contribution < 1.29 is 0 Å². The van der Waals surface area contributed by atoms with Crippen LogP contribution < -0.4 is 0 Å². The Morgan fingerprint density at radius 3 is 1.32 bits per heavy atom. The van der Waals surface area contributed by atoms with E-state index in [1.807, 2.05) is 6.08 Å². The van der Waals surface area contributed by atoms with Gasteiger partial charge in [0.15, 0.2) is 0 Å². The van der Waals surface area contributed by atoms with Crippen molar-refractivity contribution in [3.8, 4) is 0 Å². The normalized spacial score (nSPS) is 11.7. The van der Waals surface area contributed by atoms with Gasteiger partial charge in [-0.05, 0) is 57.8 Å². The van der Waals surface area contributed by atoms with Crippen LogP contribution in [0.5, 0.6) is 0 Å². The summed E-state index contributed by atoms with van der Waals surface area (Å²) in [7, 11) is 0. The van der Waals surface area contributed by atoms with E-state index in [0.29, 0.717) is 0 Å². The molecule has 0 heterocycles. The lowest BCUT2D eigenvalue weighted by Crippen LogP contribution is -1.78. The maximum Gasteiger partial charge on any atom is -0.0351 e. The van der Waals surface area contributed by atoms with E-state index in [4.69, 9.17) is 0 Å². The number of unbranched alkanes of at least 4 members (excludes halogenated alkanes) is 12. The van der Waals surface area contributed by atoms with Crippen LogP contribution >= 0.6 is 0 Å². The molecular weight excluding hydrogens is 264 g/mol. The molecule has 0 nitrogen and oxygen atoms in total. The first-order valence-electron chi connectivity index (χ1n) is 9.82. The largest absolute Gasteiger partial charge is 0.103 e. The van der Waals surface area contributed by atoms with Gasteiger partial charge in [-0.3, -0.25) is 0 Å². The average molecular weight is 305 g/mol. The van der Waals surface area contributed by atoms with Gasteiger partial charge in [-0.15, -0.1) is 6.58 Å². The molecule has 128 valence electrons. The van der Waals surface area contributed by atoms with E-state index in [0.717, 1.165) is 0 Å². The second-order valence-electron chi connectivity index (χ2n) is 6.36. The SMILES string of the molecule is C=CCCCCCCCC=CCCCCCC=CCCCC. The predicted molar refractivity (Wildman–Crippen MR) is 103 cm³/mol. The lowest BCUT2D eigenvalue weighted by Gasteiger charge is -1.98. The molecule has 0 rings (SSSR count). The topological polar surface area (TPSA) is 0 Å². The fourth-order valence-electron chi connectivity index (χ4n) is 2.58. The molecule has 0 fully saturated rings. The first-order chi connectivity index (χ1) is 10.9. The second-order valence-corrected chi connectivity index (χ2v) is 6.36. The van der Waals surface area contributed by atoms with E-state index >= 15 is 0 Å². The fraction of sp³-hybridized carbons (Fsp3) is 0.727. The van der Waals surface area contributed by atoms with Gasteiger partial charge in [-0.25, -0.2) is 0 Å². The summed E-state index contributed by atoms with van der Waals surface area (Å²) in [6, 6.07) is 0. The molecule has 0 aliphatic carbocycles. The highest BCUT2D eigenvalue weighted by Crippen LogP contribution is 2.09. The maximum atomic E-state index is 3.76. The molecular formula is C22H40. The molecule has 0 radical (unpaired) electrons. The van der Waals surface area contributed by atoms with Crippen molar-refractivity contribution in [3.63, 3.8) is 0 Å². The van der Waals surface area contributed by atoms with Gasteiger partial charge in [0.25, 0.3) is 0 Å². The number of hydrogen-bond donors (Lipinski definition) is 0. The van der Waals surface area contributed by atoms with E-state index in [1.54, 1.807) is 0 Å². The van der Waals surface area contributed by atoms with Crippen LogP contribution in [0.15, 0.2) is 37.0 Å². The monoisotopic (exact) mass is 304 g/mol. The quantitative estimate of drug-likeness (QED) is 0.188. The van der Waals surface area contributed by atoms with Crippen LogP contribution in [0, 0.1) is 0 Å². The van der Waals surface area contributed by atoms with Crippen LogP contribution in [-0.2, 0) is 0 Å². The zero-order valence-electron chi connectivity index (χ0n) is 15.2. The van der Waals surface area contributed by atoms with E-state index < -0.39 is 0 Å². The molecule has 0 saturated carbocycles. The highest BCUT2D eigenvalue weighted by Gasteiger charge is 1.89. The van der Waals surface area contributed by atoms with Crippen LogP contribution in [0.4, 0.5) is 0 Å². The molecule has 0 aromatic rings. The van der Waals surface area contributed by atoms with Crippen molar-refractivity contribution >= 4 is 0 Å². The van der Waals surface area contributed by atoms with Crippen molar-refractivity contribution in [2.24, 2.45) is 0 Å². The molecule has 0 atom stereocenters. The Kier molecular flexibility index (Phi) is 19.5. The van der Waals surface area contributed by atoms with Crippen LogP contribution in [0.3, 0.4) is 0 Å². The van der Waals surface area contributed by atoms with Crippen LogP contribution in [0.1, 0.15) is 103 Å². The summed E-state index contributed by atoms with van der Waals surface area (Å²) in [4.78, 5) is 0. The lowest BCUT2D eigenvalue weighted by molar-refractivity contribution is 0.621. The minimum atomic E-state index is 1.19. The molecule has 0 unspecified atom stereocenters. The third kappa shape index (κ3) is 19.2. The summed E-state index contributed by atoms with van der Waals surface area (Å²) in [5, 5.41) is 0. The lowest BCUT2D eigenvalue weighted by atomic mass is 10.1. The third-order valence-electron chi connectivity index (χ3n) is 4.08. The van der Waals surface area contributed by atoms with Gasteiger partial charge >= 0.3 is 0 Å². The number of hydrogen-bond acceptors (Lipinski definition) is 0. The predicted octanol–water partition coefficient (Wildman–Crippen LogP) is 8.16. The first kappa shape index (κ1) is 21.2. The van der Waals surface area contributed by atoms with Crippen molar-refractivity contribution in [3.05, 3.63) is 37.0 Å². The minimum absolute atomic E-state index is 1.19. The summed E-state index contributed by atoms with van der Waals surface area (Å²) in [6.45, 7) is 6.02. The van der Waals surface area contributed by atoms with Gasteiger partial charge < -0.3 is 0 Å². The Bertz CT molecular complexity index is 259. The Morgan fingerprint density at radius 1 is 0.500 bits per heavy atom. The Balaban J connectivity index is 3.11. The van der Waals surface area contributed by atoms with Crippen molar-refractivity contribution in [1.29, 1.82) is 0 Å². The van der Waals surface area contributed by atoms with Crippen LogP contribution in [0.25, 0.3) is 0 Å². The molecule has 0 aliphatic rings. The van der Waals surface area contributed by atoms with E-state index in [2.05, 4.69) is 37.8 Å². The summed E-state index contributed by atoms with van der Waals surface area (Å²) in [5.74, 6) is 0. The Labute approximate surface area is 140 Å². The molecule has 0 bridgehead atoms. The van der Waals surface area contributed by atoms with E-state index in [9.17, 15) is 0 Å². The molecule has 22 heavy (non-hydrogen) atoms. The molecule has 0 aromatic heterocycles. The molecule has 0 aliphatic heterocycles. The van der Waals surface area contributed by atoms with Gasteiger partial charge in [0, 0.05) is 0 Å². The zero-order valence-corrected chi connectivity index (χ0v) is 15.2. The van der Waals surface area contributed by atoms with Crippen molar-refractivity contribution in [1.82, 2.24) is 0 Å². The fourth-order valence-corrected chi connectivity index (χ4v) is 2.58. The van der Waals surface area contributed by atoms with Gasteiger partial charge in [0.1, 0.15) is 0 Å². The molecule has 0 spiro atoms. The highest BCUT2D eigenvalue weighted by atomic mass is 14.0. The minimum Gasteiger partial charge on any atom is -0.103 e. The maximum absolute atomic E-state index is 3.76. The molecule has 0 N–H and O–H groups in total. The molecule has 0 heteroatoms. The molecule has 0 saturated heterocycles. The van der Waals surface area contributed by atoms with Gasteiger partial charge in [-0.1, -0.05) is 75.8 Å². The average Bonchev–Trinajstić information content (AvgIpc) is 2.54. The summed E-state index contributed by atoms with van der Waals surface area (Å²) < 4.78 is 0. The number of rotatable bonds is 17. The summed E-state index contributed by atoms with van der Waals surface area (Å²) in [6.07, 6.45) is 31.5. The van der Waals surface area contributed by atoms with Gasteiger partial charge in [0.05, 0.1) is 0 Å². The van der Waals surface area contributed by atoms with Crippen molar-refractivity contribution in [2.45, 2.75) is 103 Å². The highest BCUT2D eigenvalue weighted by molar-refractivity contribution is 4.83. The van der Waals surface area contributed by atoms with Gasteiger partial charge in [0.2, 0.25) is 0 Å². The van der Waals surface area contributed by atoms with Crippen LogP contribution in [0.2, 0.25) is 0 Å². The second kappa shape index (κ2) is 20.2. The molecule has 0 amide bonds. The Hall–Kier alpha value is -0.780. The zero-order chi connectivity index (χ0) is 16.1. The summed E-state index contributed by atoms with van der Waals surface area (Å²) >= 11 is 0. The standard InChI is InChI=1S/C22H40/c1-3-5-7-9-11-13-15-17-19-21-22-20-18-16-14-12-10-8-6-4-2/h3,10,12,19,21H,1,4-9,11,13-18,20,22H2,2H3. The van der Waals surface area contributed by atoms with E-state index in [1.165, 1.54) is 96.3 Å². The molecule has 0 aromatic carbocycles. The van der Waals surface area contributed by atoms with Crippen molar-refractivity contribution in [2.75, 3.05) is 0 Å². The third-order valence-corrected chi connectivity index (χ3v) is 4.08. The van der Waals surface area contributed by atoms with Gasteiger partial charge in [-0.2, -0.15) is 0 Å². The first-order valence-corrected chi connectivity index (χ1v) is 9.82. The van der Waals surface area contributed by atoms with E-state index in [-0.39, 0.29) is 0 Å². The summed E-state index contributed by atoms with van der Waals surface area (Å²) in [5.41, 5.74) is 0. The smallest absolute Gasteiger partial charge is 0.0351 e. The number of allylic oxidation sites excluding steroid dienone is 5.